The average Bonchev–Trinajstić information content (AvgIpc) is 2.98. The van der Waals surface area contributed by atoms with Crippen LogP contribution in [0.3, 0.4) is 0 Å². The zero-order chi connectivity index (χ0) is 16.9. The van der Waals surface area contributed by atoms with E-state index in [4.69, 9.17) is 0 Å². The number of carbonyl (C=O) groups excluding carboxylic acids is 2. The summed E-state index contributed by atoms with van der Waals surface area (Å²) < 4.78 is 1.86. The van der Waals surface area contributed by atoms with Gasteiger partial charge in [-0.2, -0.15) is 0 Å². The number of rotatable bonds is 4. The van der Waals surface area contributed by atoms with E-state index < -0.39 is 0 Å². The molecule has 2 aromatic carbocycles. The van der Waals surface area contributed by atoms with Crippen molar-refractivity contribution in [2.45, 2.75) is 19.9 Å². The second-order valence-electron chi connectivity index (χ2n) is 5.32. The molecule has 6 heteroatoms. The normalized spacial score (nSPS) is 10.5. The molecule has 3 aromatic rings. The van der Waals surface area contributed by atoms with Crippen LogP contribution in [0, 0.1) is 0 Å². The summed E-state index contributed by atoms with van der Waals surface area (Å²) in [6.45, 7) is 2.09. The first-order valence-electron chi connectivity index (χ1n) is 7.77. The van der Waals surface area contributed by atoms with Gasteiger partial charge in [0.25, 0.3) is 11.8 Å². The predicted molar refractivity (Wildman–Crippen MR) is 91.2 cm³/mol. The molecule has 0 saturated carbocycles. The highest BCUT2D eigenvalue weighted by molar-refractivity contribution is 5.95. The average molecular weight is 322 g/mol. The summed E-state index contributed by atoms with van der Waals surface area (Å²) in [5.74, 6) is 0.174. The third-order valence-corrected chi connectivity index (χ3v) is 3.70. The molecule has 2 amide bonds. The number of aryl methyl sites for hydroxylation is 1. The van der Waals surface area contributed by atoms with Gasteiger partial charge in [-0.15, -0.1) is 0 Å². The van der Waals surface area contributed by atoms with E-state index in [1.54, 1.807) is 24.3 Å². The maximum Gasteiger partial charge on any atom is 0.269 e. The van der Waals surface area contributed by atoms with Crippen LogP contribution in [0.5, 0.6) is 0 Å². The lowest BCUT2D eigenvalue weighted by Gasteiger charge is -2.10. The van der Waals surface area contributed by atoms with Crippen LogP contribution in [0.4, 0.5) is 0 Å². The summed E-state index contributed by atoms with van der Waals surface area (Å²) in [5.41, 5.74) is 7.12. The van der Waals surface area contributed by atoms with Crippen LogP contribution < -0.4 is 10.9 Å². The fraction of sp³-hybridized carbons (Fsp3) is 0.167. The third-order valence-electron chi connectivity index (χ3n) is 3.70. The Morgan fingerprint density at radius 3 is 2.46 bits per heavy atom. The number of nitrogens with one attached hydrogen (secondary N) is 2. The van der Waals surface area contributed by atoms with Crippen molar-refractivity contribution >= 4 is 22.8 Å². The predicted octanol–water partition coefficient (Wildman–Crippen LogP) is 2.06. The second kappa shape index (κ2) is 6.95. The second-order valence-corrected chi connectivity index (χ2v) is 5.32. The van der Waals surface area contributed by atoms with E-state index in [-0.39, 0.29) is 18.4 Å². The van der Waals surface area contributed by atoms with Crippen LogP contribution in [0.2, 0.25) is 0 Å². The molecule has 0 unspecified atom stereocenters. The molecule has 0 spiro atoms. The first kappa shape index (κ1) is 15.7. The van der Waals surface area contributed by atoms with Gasteiger partial charge in [0.1, 0.15) is 12.4 Å². The van der Waals surface area contributed by atoms with Crippen LogP contribution in [-0.2, 0) is 17.8 Å². The molecule has 0 aliphatic carbocycles. The molecule has 0 aliphatic heterocycles. The molecule has 24 heavy (non-hydrogen) atoms. The number of hydrazine groups is 1. The van der Waals surface area contributed by atoms with E-state index in [9.17, 15) is 9.59 Å². The van der Waals surface area contributed by atoms with E-state index in [0.29, 0.717) is 5.56 Å². The molecule has 0 radical (unpaired) electrons. The first-order valence-corrected chi connectivity index (χ1v) is 7.77. The number of benzene rings is 2. The number of aromatic nitrogens is 2. The Balaban J connectivity index is 1.68. The van der Waals surface area contributed by atoms with Crippen molar-refractivity contribution < 1.29 is 9.59 Å². The van der Waals surface area contributed by atoms with E-state index in [1.807, 2.05) is 41.8 Å². The molecule has 1 aromatic heterocycles. The van der Waals surface area contributed by atoms with Gasteiger partial charge in [0.05, 0.1) is 11.0 Å². The molecular formula is C18H18N4O2. The van der Waals surface area contributed by atoms with E-state index in [0.717, 1.165) is 23.3 Å². The number of imidazole rings is 1. The lowest BCUT2D eigenvalue weighted by atomic mass is 10.2. The minimum Gasteiger partial charge on any atom is -0.318 e. The van der Waals surface area contributed by atoms with E-state index in [2.05, 4.69) is 15.8 Å². The third kappa shape index (κ3) is 3.27. The highest BCUT2D eigenvalue weighted by Crippen LogP contribution is 2.16. The van der Waals surface area contributed by atoms with Crippen LogP contribution in [-0.4, -0.2) is 21.4 Å². The van der Waals surface area contributed by atoms with Crippen LogP contribution >= 0.6 is 0 Å². The number of fused-ring (bicyclic) bond motifs is 1. The quantitative estimate of drug-likeness (QED) is 0.722. The molecule has 0 fully saturated rings. The Labute approximate surface area is 139 Å². The Hall–Kier alpha value is -3.15. The fourth-order valence-electron chi connectivity index (χ4n) is 2.54. The maximum absolute atomic E-state index is 12.2. The summed E-state index contributed by atoms with van der Waals surface area (Å²) >= 11 is 0. The minimum atomic E-state index is -0.352. The SMILES string of the molecule is CCc1nc2ccccc2n1CC(=O)NNC(=O)c1ccccc1. The highest BCUT2D eigenvalue weighted by atomic mass is 16.2. The maximum atomic E-state index is 12.2. The number of hydrogen-bond donors (Lipinski definition) is 2. The highest BCUT2D eigenvalue weighted by Gasteiger charge is 2.13. The molecule has 2 N–H and O–H groups in total. The van der Waals surface area contributed by atoms with Gasteiger partial charge in [-0.05, 0) is 24.3 Å². The first-order chi connectivity index (χ1) is 11.7. The molecule has 0 aliphatic rings. The Kier molecular flexibility index (Phi) is 4.56. The van der Waals surface area contributed by atoms with Gasteiger partial charge in [-0.3, -0.25) is 20.4 Å². The molecular weight excluding hydrogens is 304 g/mol. The lowest BCUT2D eigenvalue weighted by molar-refractivity contribution is -0.122. The smallest absolute Gasteiger partial charge is 0.269 e. The minimum absolute atomic E-state index is 0.0960. The molecule has 1 heterocycles. The summed E-state index contributed by atoms with van der Waals surface area (Å²) in [4.78, 5) is 28.6. The summed E-state index contributed by atoms with van der Waals surface area (Å²) in [6.07, 6.45) is 0.721. The zero-order valence-corrected chi connectivity index (χ0v) is 13.3. The monoisotopic (exact) mass is 322 g/mol. The summed E-state index contributed by atoms with van der Waals surface area (Å²) in [7, 11) is 0. The van der Waals surface area contributed by atoms with Crippen molar-refractivity contribution in [3.63, 3.8) is 0 Å². The van der Waals surface area contributed by atoms with Gasteiger partial charge >= 0.3 is 0 Å². The Bertz CT molecular complexity index is 871. The molecule has 122 valence electrons. The number of hydrogen-bond acceptors (Lipinski definition) is 3. The van der Waals surface area contributed by atoms with Gasteiger partial charge in [0, 0.05) is 12.0 Å². The van der Waals surface area contributed by atoms with Crippen molar-refractivity contribution in [3.8, 4) is 0 Å². The van der Waals surface area contributed by atoms with Crippen molar-refractivity contribution in [1.82, 2.24) is 20.4 Å². The van der Waals surface area contributed by atoms with Crippen LogP contribution in [0.1, 0.15) is 23.1 Å². The van der Waals surface area contributed by atoms with Crippen molar-refractivity contribution in [2.75, 3.05) is 0 Å². The number of nitrogens with zero attached hydrogens (tertiary/aromatic N) is 2. The largest absolute Gasteiger partial charge is 0.318 e. The van der Waals surface area contributed by atoms with Gasteiger partial charge in [-0.25, -0.2) is 4.98 Å². The molecule has 6 nitrogen and oxygen atoms in total. The summed E-state index contributed by atoms with van der Waals surface area (Å²) in [5, 5.41) is 0. The van der Waals surface area contributed by atoms with Crippen molar-refractivity contribution in [2.24, 2.45) is 0 Å². The zero-order valence-electron chi connectivity index (χ0n) is 13.3. The lowest BCUT2D eigenvalue weighted by Crippen LogP contribution is -2.43. The fourth-order valence-corrected chi connectivity index (χ4v) is 2.54. The van der Waals surface area contributed by atoms with Gasteiger partial charge in [0.15, 0.2) is 0 Å². The van der Waals surface area contributed by atoms with Crippen molar-refractivity contribution in [1.29, 1.82) is 0 Å². The van der Waals surface area contributed by atoms with Crippen molar-refractivity contribution in [3.05, 3.63) is 66.0 Å². The number of para-hydroxylation sites is 2. The van der Waals surface area contributed by atoms with Crippen LogP contribution in [0.25, 0.3) is 11.0 Å². The topological polar surface area (TPSA) is 76.0 Å². The van der Waals surface area contributed by atoms with E-state index >= 15 is 0 Å². The standard InChI is InChI=1S/C18H18N4O2/c1-2-16-19-14-10-6-7-11-15(14)22(16)12-17(23)20-21-18(24)13-8-4-3-5-9-13/h3-11H,2,12H2,1H3,(H,20,23)(H,21,24). The Morgan fingerprint density at radius 1 is 1.00 bits per heavy atom. The molecule has 0 saturated heterocycles. The van der Waals surface area contributed by atoms with E-state index in [1.165, 1.54) is 0 Å². The van der Waals surface area contributed by atoms with Gasteiger partial charge in [-0.1, -0.05) is 37.3 Å². The molecule has 3 rings (SSSR count). The van der Waals surface area contributed by atoms with Gasteiger partial charge < -0.3 is 4.57 Å². The van der Waals surface area contributed by atoms with Gasteiger partial charge in [0.2, 0.25) is 0 Å². The Morgan fingerprint density at radius 2 is 1.71 bits per heavy atom. The molecule has 0 atom stereocenters. The van der Waals surface area contributed by atoms with Crippen LogP contribution in [0.15, 0.2) is 54.6 Å². The molecule has 0 bridgehead atoms. The number of amides is 2. The summed E-state index contributed by atoms with van der Waals surface area (Å²) in [6, 6.07) is 16.4. The number of carbonyl (C=O) groups is 2.